The number of hydrogen-bond donors (Lipinski definition) is 1. The summed E-state index contributed by atoms with van der Waals surface area (Å²) >= 11 is 1.38. The summed E-state index contributed by atoms with van der Waals surface area (Å²) in [6.07, 6.45) is 0.768. The lowest BCUT2D eigenvalue weighted by Gasteiger charge is -2.01. The van der Waals surface area contributed by atoms with E-state index in [0.717, 1.165) is 22.1 Å². The highest BCUT2D eigenvalue weighted by atomic mass is 32.1. The predicted octanol–water partition coefficient (Wildman–Crippen LogP) is 3.78. The van der Waals surface area contributed by atoms with Crippen LogP contribution in [0.25, 0.3) is 10.1 Å². The Balaban J connectivity index is 2.82. The average Bonchev–Trinajstić information content (AvgIpc) is 2.57. The molecule has 1 aromatic heterocycles. The minimum atomic E-state index is -0.812. The zero-order chi connectivity index (χ0) is 11.9. The smallest absolute Gasteiger partial charge is 0.346 e. The van der Waals surface area contributed by atoms with Gasteiger partial charge in [0.15, 0.2) is 0 Å². The van der Waals surface area contributed by atoms with Crippen LogP contribution in [0.15, 0.2) is 12.1 Å². The zero-order valence-electron chi connectivity index (χ0n) is 9.63. The van der Waals surface area contributed by atoms with Crippen molar-refractivity contribution in [3.05, 3.63) is 33.7 Å². The van der Waals surface area contributed by atoms with Gasteiger partial charge in [0.1, 0.15) is 4.88 Å². The first-order chi connectivity index (χ1) is 7.54. The molecule has 2 aromatic rings. The minimum absolute atomic E-state index is 0.488. The largest absolute Gasteiger partial charge is 0.477 e. The molecule has 0 aliphatic carbocycles. The average molecular weight is 234 g/mol. The number of fused-ring (bicyclic) bond motifs is 1. The molecule has 0 spiro atoms. The van der Waals surface area contributed by atoms with Crippen LogP contribution in [0, 0.1) is 13.8 Å². The van der Waals surface area contributed by atoms with Gasteiger partial charge in [-0.25, -0.2) is 4.79 Å². The van der Waals surface area contributed by atoms with Crippen molar-refractivity contribution in [3.63, 3.8) is 0 Å². The molecule has 0 radical (unpaired) electrons. The molecule has 16 heavy (non-hydrogen) atoms. The van der Waals surface area contributed by atoms with Crippen molar-refractivity contribution in [2.75, 3.05) is 0 Å². The van der Waals surface area contributed by atoms with Gasteiger partial charge in [0.2, 0.25) is 0 Å². The van der Waals surface area contributed by atoms with Crippen molar-refractivity contribution in [2.45, 2.75) is 27.2 Å². The highest BCUT2D eigenvalue weighted by Gasteiger charge is 2.16. The molecule has 0 atom stereocenters. The van der Waals surface area contributed by atoms with Crippen molar-refractivity contribution < 1.29 is 9.90 Å². The van der Waals surface area contributed by atoms with Crippen LogP contribution in [0.5, 0.6) is 0 Å². The molecule has 0 aliphatic rings. The molecular weight excluding hydrogens is 220 g/mol. The van der Waals surface area contributed by atoms with E-state index < -0.39 is 5.97 Å². The first-order valence-corrected chi connectivity index (χ1v) is 6.12. The Kier molecular flexibility index (Phi) is 2.72. The van der Waals surface area contributed by atoms with E-state index in [2.05, 4.69) is 26.0 Å². The number of carboxylic acids is 1. The van der Waals surface area contributed by atoms with E-state index in [0.29, 0.717) is 4.88 Å². The van der Waals surface area contributed by atoms with Crippen LogP contribution in [0.1, 0.15) is 33.3 Å². The first-order valence-electron chi connectivity index (χ1n) is 5.30. The molecule has 0 bridgehead atoms. The summed E-state index contributed by atoms with van der Waals surface area (Å²) in [5.74, 6) is -0.812. The third kappa shape index (κ3) is 1.61. The highest BCUT2D eigenvalue weighted by molar-refractivity contribution is 7.21. The van der Waals surface area contributed by atoms with Crippen molar-refractivity contribution in [3.8, 4) is 0 Å². The van der Waals surface area contributed by atoms with Crippen LogP contribution in [0.4, 0.5) is 0 Å². The highest BCUT2D eigenvalue weighted by Crippen LogP contribution is 2.33. The van der Waals surface area contributed by atoms with Gasteiger partial charge in [0.05, 0.1) is 0 Å². The molecule has 0 saturated heterocycles. The van der Waals surface area contributed by atoms with E-state index in [4.69, 9.17) is 5.11 Å². The fraction of sp³-hybridized carbons (Fsp3) is 0.308. The number of thiophene rings is 1. The van der Waals surface area contributed by atoms with Crippen molar-refractivity contribution >= 4 is 27.4 Å². The summed E-state index contributed by atoms with van der Waals surface area (Å²) in [6, 6.07) is 4.19. The molecule has 3 heteroatoms. The fourth-order valence-electron chi connectivity index (χ4n) is 1.93. The summed E-state index contributed by atoms with van der Waals surface area (Å²) in [4.78, 5) is 11.6. The Labute approximate surface area is 98.5 Å². The Morgan fingerprint density at radius 3 is 2.50 bits per heavy atom. The maximum Gasteiger partial charge on any atom is 0.346 e. The Morgan fingerprint density at radius 2 is 1.94 bits per heavy atom. The predicted molar refractivity (Wildman–Crippen MR) is 67.6 cm³/mol. The van der Waals surface area contributed by atoms with Gasteiger partial charge in [-0.2, -0.15) is 0 Å². The van der Waals surface area contributed by atoms with E-state index in [9.17, 15) is 4.79 Å². The van der Waals surface area contributed by atoms with Crippen LogP contribution in [-0.4, -0.2) is 11.1 Å². The third-order valence-electron chi connectivity index (χ3n) is 2.95. The summed E-state index contributed by atoms with van der Waals surface area (Å²) in [6.45, 7) is 6.12. The van der Waals surface area contributed by atoms with Gasteiger partial charge in [-0.3, -0.25) is 0 Å². The van der Waals surface area contributed by atoms with Crippen LogP contribution in [-0.2, 0) is 6.42 Å². The van der Waals surface area contributed by atoms with E-state index in [1.807, 2.05) is 6.92 Å². The SMILES string of the molecule is CCc1c(C(=O)O)sc2cc(C)c(C)cc12. The lowest BCUT2D eigenvalue weighted by atomic mass is 10.0. The monoisotopic (exact) mass is 234 g/mol. The molecule has 84 valence electrons. The lowest BCUT2D eigenvalue weighted by Crippen LogP contribution is -1.96. The van der Waals surface area contributed by atoms with Gasteiger partial charge in [-0.15, -0.1) is 11.3 Å². The van der Waals surface area contributed by atoms with E-state index in [1.165, 1.54) is 22.5 Å². The molecule has 0 unspecified atom stereocenters. The summed E-state index contributed by atoms with van der Waals surface area (Å²) < 4.78 is 1.08. The molecule has 1 heterocycles. The second-order valence-corrected chi connectivity index (χ2v) is 5.05. The summed E-state index contributed by atoms with van der Waals surface area (Å²) in [5, 5.41) is 10.3. The number of aryl methyl sites for hydroxylation is 3. The fourth-order valence-corrected chi connectivity index (χ4v) is 3.14. The van der Waals surface area contributed by atoms with Crippen molar-refractivity contribution in [2.24, 2.45) is 0 Å². The maximum absolute atomic E-state index is 11.1. The molecule has 2 rings (SSSR count). The van der Waals surface area contributed by atoms with E-state index in [1.54, 1.807) is 0 Å². The van der Waals surface area contributed by atoms with Crippen LogP contribution < -0.4 is 0 Å². The number of carboxylic acid groups (broad SMARTS) is 1. The topological polar surface area (TPSA) is 37.3 Å². The number of benzene rings is 1. The standard InChI is InChI=1S/C13H14O2S/c1-4-9-10-5-7(2)8(3)6-11(10)16-12(9)13(14)15/h5-6H,4H2,1-3H3,(H,14,15). The number of carbonyl (C=O) groups is 1. The molecule has 0 saturated carbocycles. The normalized spacial score (nSPS) is 10.9. The lowest BCUT2D eigenvalue weighted by molar-refractivity contribution is 0.0701. The van der Waals surface area contributed by atoms with E-state index in [-0.39, 0.29) is 0 Å². The van der Waals surface area contributed by atoms with Crippen LogP contribution in [0.3, 0.4) is 0 Å². The van der Waals surface area contributed by atoms with Gasteiger partial charge in [-0.05, 0) is 48.4 Å². The van der Waals surface area contributed by atoms with Gasteiger partial charge in [0, 0.05) is 4.70 Å². The van der Waals surface area contributed by atoms with Crippen LogP contribution in [0.2, 0.25) is 0 Å². The first kappa shape index (κ1) is 11.1. The van der Waals surface area contributed by atoms with Gasteiger partial charge >= 0.3 is 5.97 Å². The second-order valence-electron chi connectivity index (χ2n) is 4.00. The molecular formula is C13H14O2S. The maximum atomic E-state index is 11.1. The zero-order valence-corrected chi connectivity index (χ0v) is 10.4. The molecule has 2 nitrogen and oxygen atoms in total. The Bertz CT molecular complexity index is 567. The van der Waals surface area contributed by atoms with Gasteiger partial charge < -0.3 is 5.11 Å². The summed E-state index contributed by atoms with van der Waals surface area (Å²) in [7, 11) is 0. The Hall–Kier alpha value is -1.35. The molecule has 1 N–H and O–H groups in total. The number of rotatable bonds is 2. The number of aromatic carboxylic acids is 1. The summed E-state index contributed by atoms with van der Waals surface area (Å²) in [5.41, 5.74) is 3.40. The Morgan fingerprint density at radius 1 is 1.31 bits per heavy atom. The van der Waals surface area contributed by atoms with Crippen molar-refractivity contribution in [1.82, 2.24) is 0 Å². The quantitative estimate of drug-likeness (QED) is 0.858. The molecule has 1 aromatic carbocycles. The number of hydrogen-bond acceptors (Lipinski definition) is 2. The third-order valence-corrected chi connectivity index (χ3v) is 4.14. The molecule has 0 amide bonds. The van der Waals surface area contributed by atoms with Gasteiger partial charge in [-0.1, -0.05) is 13.0 Å². The molecule has 0 fully saturated rings. The van der Waals surface area contributed by atoms with Crippen LogP contribution >= 0.6 is 11.3 Å². The van der Waals surface area contributed by atoms with E-state index >= 15 is 0 Å². The second kappa shape index (κ2) is 3.91. The molecule has 0 aliphatic heterocycles. The minimum Gasteiger partial charge on any atom is -0.477 e. The van der Waals surface area contributed by atoms with Crippen molar-refractivity contribution in [1.29, 1.82) is 0 Å². The van der Waals surface area contributed by atoms with Gasteiger partial charge in [0.25, 0.3) is 0 Å².